The van der Waals surface area contributed by atoms with Crippen molar-refractivity contribution in [2.75, 3.05) is 26.0 Å². The van der Waals surface area contributed by atoms with Gasteiger partial charge in [0.2, 0.25) is 11.8 Å². The number of ether oxygens (including phenoxy) is 1. The van der Waals surface area contributed by atoms with E-state index >= 15 is 0 Å². The van der Waals surface area contributed by atoms with Crippen LogP contribution in [0.2, 0.25) is 0 Å². The standard InChI is InChI=1S/C20H19F3N2O3/c1-25-11-14(12-7-9-13(10-8-12)20(21,22)23)17(19(25)27)18(26)24-15-5-3-4-6-16(15)28-2/h3-10,14,17H,11H2,1-2H3,(H,24,26)/t14-,17+/m1/s1. The highest BCUT2D eigenvalue weighted by Gasteiger charge is 2.44. The third-order valence-corrected chi connectivity index (χ3v) is 4.83. The number of hydrogen-bond acceptors (Lipinski definition) is 3. The number of alkyl halides is 3. The number of halogens is 3. The molecule has 1 N–H and O–H groups in total. The van der Waals surface area contributed by atoms with E-state index in [1.165, 1.54) is 24.1 Å². The summed E-state index contributed by atoms with van der Waals surface area (Å²) in [6.45, 7) is 0.244. The molecule has 1 saturated heterocycles. The molecule has 1 aliphatic heterocycles. The Hall–Kier alpha value is -3.03. The van der Waals surface area contributed by atoms with E-state index in [9.17, 15) is 22.8 Å². The first-order valence-electron chi connectivity index (χ1n) is 8.58. The van der Waals surface area contributed by atoms with Crippen LogP contribution in [-0.2, 0) is 15.8 Å². The Kier molecular flexibility index (Phi) is 5.31. The van der Waals surface area contributed by atoms with Crippen molar-refractivity contribution < 1.29 is 27.5 Å². The molecule has 0 bridgehead atoms. The first-order chi connectivity index (χ1) is 13.2. The van der Waals surface area contributed by atoms with Crippen LogP contribution >= 0.6 is 0 Å². The average molecular weight is 392 g/mol. The lowest BCUT2D eigenvalue weighted by Crippen LogP contribution is -2.32. The number of nitrogens with one attached hydrogen (secondary N) is 1. The summed E-state index contributed by atoms with van der Waals surface area (Å²) < 4.78 is 43.6. The molecule has 5 nitrogen and oxygen atoms in total. The Morgan fingerprint density at radius 1 is 1.14 bits per heavy atom. The first-order valence-corrected chi connectivity index (χ1v) is 8.58. The fourth-order valence-corrected chi connectivity index (χ4v) is 3.37. The van der Waals surface area contributed by atoms with Crippen LogP contribution in [-0.4, -0.2) is 37.4 Å². The molecule has 148 valence electrons. The molecule has 2 amide bonds. The Balaban J connectivity index is 1.87. The number of nitrogens with zero attached hydrogens (tertiary/aromatic N) is 1. The molecule has 0 aliphatic carbocycles. The minimum absolute atomic E-state index is 0.244. The van der Waals surface area contributed by atoms with Crippen molar-refractivity contribution in [3.63, 3.8) is 0 Å². The van der Waals surface area contributed by atoms with Crippen LogP contribution in [0.4, 0.5) is 18.9 Å². The number of carbonyl (C=O) groups is 2. The molecule has 0 unspecified atom stereocenters. The third kappa shape index (κ3) is 3.81. The molecule has 2 atom stereocenters. The number of para-hydroxylation sites is 2. The molecule has 28 heavy (non-hydrogen) atoms. The summed E-state index contributed by atoms with van der Waals surface area (Å²) in [7, 11) is 3.03. The zero-order valence-electron chi connectivity index (χ0n) is 15.3. The van der Waals surface area contributed by atoms with Crippen LogP contribution in [0.5, 0.6) is 5.75 Å². The van der Waals surface area contributed by atoms with Gasteiger partial charge in [-0.1, -0.05) is 24.3 Å². The van der Waals surface area contributed by atoms with E-state index in [0.717, 1.165) is 12.1 Å². The van der Waals surface area contributed by atoms with E-state index in [2.05, 4.69) is 5.32 Å². The summed E-state index contributed by atoms with van der Waals surface area (Å²) in [6, 6.07) is 11.4. The van der Waals surface area contributed by atoms with Gasteiger partial charge in [0.05, 0.1) is 18.4 Å². The fraction of sp³-hybridized carbons (Fsp3) is 0.300. The Morgan fingerprint density at radius 3 is 2.39 bits per heavy atom. The normalized spacial score (nSPS) is 19.6. The van der Waals surface area contributed by atoms with E-state index < -0.39 is 29.5 Å². The van der Waals surface area contributed by atoms with Gasteiger partial charge in [0.1, 0.15) is 11.7 Å². The number of likely N-dealkylation sites (tertiary alicyclic amines) is 1. The lowest BCUT2D eigenvalue weighted by atomic mass is 9.87. The van der Waals surface area contributed by atoms with Crippen molar-refractivity contribution in [3.8, 4) is 5.75 Å². The number of likely N-dealkylation sites (N-methyl/N-ethyl adjacent to an activating group) is 1. The molecular weight excluding hydrogens is 373 g/mol. The maximum absolute atomic E-state index is 12.9. The average Bonchev–Trinajstić information content (AvgIpc) is 2.96. The number of hydrogen-bond donors (Lipinski definition) is 1. The van der Waals surface area contributed by atoms with E-state index in [0.29, 0.717) is 17.0 Å². The van der Waals surface area contributed by atoms with E-state index in [1.807, 2.05) is 0 Å². The summed E-state index contributed by atoms with van der Waals surface area (Å²) in [5, 5.41) is 2.70. The molecular formula is C20H19F3N2O3. The topological polar surface area (TPSA) is 58.6 Å². The van der Waals surface area contributed by atoms with Gasteiger partial charge in [-0.05, 0) is 29.8 Å². The third-order valence-electron chi connectivity index (χ3n) is 4.83. The van der Waals surface area contributed by atoms with Crippen molar-refractivity contribution in [1.82, 2.24) is 4.90 Å². The fourth-order valence-electron chi connectivity index (χ4n) is 3.37. The van der Waals surface area contributed by atoms with Gasteiger partial charge >= 0.3 is 6.18 Å². The molecule has 2 aromatic carbocycles. The second-order valence-electron chi connectivity index (χ2n) is 6.61. The number of methoxy groups -OCH3 is 1. The SMILES string of the molecule is COc1ccccc1NC(=O)[C@H]1C(=O)N(C)C[C@@H]1c1ccc(C(F)(F)F)cc1. The van der Waals surface area contributed by atoms with Gasteiger partial charge in [0.25, 0.3) is 0 Å². The minimum atomic E-state index is -4.44. The van der Waals surface area contributed by atoms with E-state index in [4.69, 9.17) is 4.74 Å². The molecule has 3 rings (SSSR count). The van der Waals surface area contributed by atoms with Crippen LogP contribution in [0.25, 0.3) is 0 Å². The smallest absolute Gasteiger partial charge is 0.416 e. The minimum Gasteiger partial charge on any atom is -0.495 e. The van der Waals surface area contributed by atoms with Crippen LogP contribution in [0, 0.1) is 5.92 Å². The van der Waals surface area contributed by atoms with Crippen molar-refractivity contribution in [2.45, 2.75) is 12.1 Å². The van der Waals surface area contributed by atoms with Crippen molar-refractivity contribution in [1.29, 1.82) is 0 Å². The molecule has 0 spiro atoms. The number of benzene rings is 2. The highest BCUT2D eigenvalue weighted by atomic mass is 19.4. The van der Waals surface area contributed by atoms with Gasteiger partial charge in [-0.25, -0.2) is 0 Å². The molecule has 8 heteroatoms. The summed E-state index contributed by atoms with van der Waals surface area (Å²) in [5.74, 6) is -2.04. The highest BCUT2D eigenvalue weighted by molar-refractivity contribution is 6.09. The van der Waals surface area contributed by atoms with Crippen LogP contribution in [0.3, 0.4) is 0 Å². The maximum Gasteiger partial charge on any atom is 0.416 e. The lowest BCUT2D eigenvalue weighted by Gasteiger charge is -2.18. The van der Waals surface area contributed by atoms with Crippen LogP contribution in [0.1, 0.15) is 17.0 Å². The quantitative estimate of drug-likeness (QED) is 0.810. The largest absolute Gasteiger partial charge is 0.495 e. The maximum atomic E-state index is 12.9. The lowest BCUT2D eigenvalue weighted by molar-refractivity contribution is -0.138. The number of carbonyl (C=O) groups excluding carboxylic acids is 2. The second-order valence-corrected chi connectivity index (χ2v) is 6.61. The second kappa shape index (κ2) is 7.53. The Labute approximate surface area is 160 Å². The molecule has 0 saturated carbocycles. The van der Waals surface area contributed by atoms with Gasteiger partial charge in [-0.15, -0.1) is 0 Å². The van der Waals surface area contributed by atoms with Gasteiger partial charge in [0.15, 0.2) is 0 Å². The molecule has 1 aliphatic rings. The van der Waals surface area contributed by atoms with Gasteiger partial charge in [0, 0.05) is 19.5 Å². The van der Waals surface area contributed by atoms with Crippen LogP contribution in [0.15, 0.2) is 48.5 Å². The molecule has 0 aromatic heterocycles. The van der Waals surface area contributed by atoms with Gasteiger partial charge in [-0.3, -0.25) is 9.59 Å². The highest BCUT2D eigenvalue weighted by Crippen LogP contribution is 2.36. The molecule has 0 radical (unpaired) electrons. The van der Waals surface area contributed by atoms with Gasteiger partial charge < -0.3 is 15.0 Å². The number of anilines is 1. The molecule has 1 heterocycles. The summed E-state index contributed by atoms with van der Waals surface area (Å²) in [5.41, 5.74) is 0.151. The molecule has 2 aromatic rings. The van der Waals surface area contributed by atoms with Crippen molar-refractivity contribution in [2.24, 2.45) is 5.92 Å². The predicted molar refractivity (Wildman–Crippen MR) is 96.9 cm³/mol. The number of rotatable bonds is 4. The molecule has 1 fully saturated rings. The zero-order chi connectivity index (χ0) is 20.5. The summed E-state index contributed by atoms with van der Waals surface area (Å²) in [4.78, 5) is 26.8. The number of amides is 2. The van der Waals surface area contributed by atoms with Gasteiger partial charge in [-0.2, -0.15) is 13.2 Å². The van der Waals surface area contributed by atoms with E-state index in [1.54, 1.807) is 31.3 Å². The van der Waals surface area contributed by atoms with Crippen molar-refractivity contribution >= 4 is 17.5 Å². The Bertz CT molecular complexity index is 881. The van der Waals surface area contributed by atoms with E-state index in [-0.39, 0.29) is 12.5 Å². The first kappa shape index (κ1) is 19.7. The summed E-state index contributed by atoms with van der Waals surface area (Å²) in [6.07, 6.45) is -4.44. The monoisotopic (exact) mass is 392 g/mol. The Morgan fingerprint density at radius 2 is 1.79 bits per heavy atom. The van der Waals surface area contributed by atoms with Crippen LogP contribution < -0.4 is 10.1 Å². The zero-order valence-corrected chi connectivity index (χ0v) is 15.3. The predicted octanol–water partition coefficient (Wildman–Crippen LogP) is 3.52. The van der Waals surface area contributed by atoms with Crippen molar-refractivity contribution in [3.05, 3.63) is 59.7 Å². The summed E-state index contributed by atoms with van der Waals surface area (Å²) >= 11 is 0.